The molecule has 1 rings (SSSR count). The average Bonchev–Trinajstić information content (AvgIpc) is 2.72. The van der Waals surface area contributed by atoms with Gasteiger partial charge in [0, 0.05) is 12.1 Å². The third-order valence-electron chi connectivity index (χ3n) is 2.52. The van der Waals surface area contributed by atoms with Crippen molar-refractivity contribution in [2.24, 2.45) is 5.92 Å². The predicted molar refractivity (Wildman–Crippen MR) is 56.4 cm³/mol. The fraction of sp³-hybridized carbons (Fsp3) is 1.00. The van der Waals surface area contributed by atoms with Crippen LogP contribution in [0.1, 0.15) is 48.0 Å². The van der Waals surface area contributed by atoms with E-state index in [2.05, 4.69) is 32.6 Å². The smallest absolute Gasteiger partial charge is 0.0127 e. The zero-order valence-corrected chi connectivity index (χ0v) is 9.59. The van der Waals surface area contributed by atoms with Crippen LogP contribution in [0, 0.1) is 5.92 Å². The first-order valence-electron chi connectivity index (χ1n) is 5.42. The molecule has 0 aromatic rings. The second kappa shape index (κ2) is 5.58. The number of nitrogens with zero attached hydrogens (tertiary/aromatic N) is 1. The molecular weight excluding hydrogens is 146 g/mol. The minimum Gasteiger partial charge on any atom is -0.298 e. The highest BCUT2D eigenvalue weighted by Gasteiger charge is 2.37. The molecule has 74 valence electrons. The predicted octanol–water partition coefficient (Wildman–Crippen LogP) is 3.15. The molecule has 1 nitrogen and oxygen atoms in total. The summed E-state index contributed by atoms with van der Waals surface area (Å²) >= 11 is 0. The zero-order valence-electron chi connectivity index (χ0n) is 9.59. The quantitative estimate of drug-likeness (QED) is 0.630. The molecule has 0 bridgehead atoms. The summed E-state index contributed by atoms with van der Waals surface area (Å²) < 4.78 is 0. The Bertz CT molecular complexity index is 110. The molecule has 1 saturated carbocycles. The fourth-order valence-corrected chi connectivity index (χ4v) is 1.75. The summed E-state index contributed by atoms with van der Waals surface area (Å²) in [7, 11) is 0. The van der Waals surface area contributed by atoms with E-state index in [1.165, 1.54) is 13.0 Å². The van der Waals surface area contributed by atoms with Crippen molar-refractivity contribution >= 4 is 0 Å². The van der Waals surface area contributed by atoms with Gasteiger partial charge in [0.2, 0.25) is 0 Å². The van der Waals surface area contributed by atoms with Gasteiger partial charge < -0.3 is 0 Å². The van der Waals surface area contributed by atoms with Crippen molar-refractivity contribution in [3.63, 3.8) is 0 Å². The van der Waals surface area contributed by atoms with Crippen molar-refractivity contribution in [3.05, 3.63) is 0 Å². The van der Waals surface area contributed by atoms with Crippen LogP contribution in [0.4, 0.5) is 0 Å². The fourth-order valence-electron chi connectivity index (χ4n) is 1.75. The van der Waals surface area contributed by atoms with E-state index in [0.29, 0.717) is 0 Å². The van der Waals surface area contributed by atoms with Crippen LogP contribution in [0.25, 0.3) is 0 Å². The van der Waals surface area contributed by atoms with Gasteiger partial charge in [-0.15, -0.1) is 0 Å². The first-order valence-corrected chi connectivity index (χ1v) is 5.42. The normalized spacial score (nSPS) is 27.0. The van der Waals surface area contributed by atoms with Gasteiger partial charge in [-0.05, 0) is 32.7 Å². The number of hydrogen-bond donors (Lipinski definition) is 0. The molecule has 12 heavy (non-hydrogen) atoms. The number of rotatable bonds is 3. The Hall–Kier alpha value is -0.0400. The Balaban J connectivity index is 0.000000561. The lowest BCUT2D eigenvalue weighted by Gasteiger charge is -2.24. The maximum atomic E-state index is 2.59. The standard InChI is InChI=1S/C9H19N.C2H6/c1-5-10(7(2)3)9-6-8(9)4;1-2/h7-9H,5-6H2,1-4H3;1-2H3. The largest absolute Gasteiger partial charge is 0.298 e. The summed E-state index contributed by atoms with van der Waals surface area (Å²) in [5.74, 6) is 0.961. The molecule has 0 radical (unpaired) electrons. The topological polar surface area (TPSA) is 3.24 Å². The van der Waals surface area contributed by atoms with Crippen molar-refractivity contribution in [2.75, 3.05) is 6.54 Å². The van der Waals surface area contributed by atoms with Crippen LogP contribution in [0.3, 0.4) is 0 Å². The second-order valence-corrected chi connectivity index (χ2v) is 3.70. The minimum atomic E-state index is 0.736. The Morgan fingerprint density at radius 2 is 1.75 bits per heavy atom. The van der Waals surface area contributed by atoms with Crippen LogP contribution in [0.5, 0.6) is 0 Å². The summed E-state index contributed by atoms with van der Waals surface area (Å²) in [5, 5.41) is 0. The molecule has 0 aliphatic heterocycles. The van der Waals surface area contributed by atoms with Gasteiger partial charge in [-0.1, -0.05) is 27.7 Å². The molecule has 2 unspecified atom stereocenters. The minimum absolute atomic E-state index is 0.736. The van der Waals surface area contributed by atoms with Gasteiger partial charge in [0.05, 0.1) is 0 Å². The molecule has 1 aliphatic carbocycles. The molecule has 0 N–H and O–H groups in total. The third kappa shape index (κ3) is 3.14. The van der Waals surface area contributed by atoms with Crippen molar-refractivity contribution in [2.45, 2.75) is 60.0 Å². The lowest BCUT2D eigenvalue weighted by molar-refractivity contribution is 0.214. The first kappa shape index (κ1) is 12.0. The highest BCUT2D eigenvalue weighted by atomic mass is 15.2. The van der Waals surface area contributed by atoms with Gasteiger partial charge >= 0.3 is 0 Å². The average molecular weight is 171 g/mol. The Morgan fingerprint density at radius 3 is 1.83 bits per heavy atom. The maximum absolute atomic E-state index is 2.59. The molecule has 0 saturated heterocycles. The molecule has 0 spiro atoms. The van der Waals surface area contributed by atoms with Gasteiger partial charge in [-0.2, -0.15) is 0 Å². The third-order valence-corrected chi connectivity index (χ3v) is 2.52. The van der Waals surface area contributed by atoms with Crippen molar-refractivity contribution in [1.82, 2.24) is 4.90 Å². The molecule has 1 heteroatoms. The van der Waals surface area contributed by atoms with Crippen LogP contribution in [-0.2, 0) is 0 Å². The van der Waals surface area contributed by atoms with Crippen LogP contribution >= 0.6 is 0 Å². The van der Waals surface area contributed by atoms with Gasteiger partial charge in [0.25, 0.3) is 0 Å². The second-order valence-electron chi connectivity index (χ2n) is 3.70. The van der Waals surface area contributed by atoms with Crippen molar-refractivity contribution in [3.8, 4) is 0 Å². The summed E-state index contributed by atoms with van der Waals surface area (Å²) in [6.45, 7) is 14.4. The van der Waals surface area contributed by atoms with E-state index in [1.54, 1.807) is 0 Å². The summed E-state index contributed by atoms with van der Waals surface area (Å²) in [6, 6.07) is 1.64. The summed E-state index contributed by atoms with van der Waals surface area (Å²) in [6.07, 6.45) is 1.42. The van der Waals surface area contributed by atoms with Crippen molar-refractivity contribution < 1.29 is 0 Å². The lowest BCUT2D eigenvalue weighted by atomic mass is 10.3. The number of hydrogen-bond acceptors (Lipinski definition) is 1. The van der Waals surface area contributed by atoms with Crippen LogP contribution < -0.4 is 0 Å². The monoisotopic (exact) mass is 171 g/mol. The van der Waals surface area contributed by atoms with Crippen LogP contribution in [0.15, 0.2) is 0 Å². The van der Waals surface area contributed by atoms with Crippen LogP contribution in [0.2, 0.25) is 0 Å². The maximum Gasteiger partial charge on any atom is 0.0127 e. The zero-order chi connectivity index (χ0) is 9.72. The summed E-state index contributed by atoms with van der Waals surface area (Å²) in [4.78, 5) is 2.59. The van der Waals surface area contributed by atoms with E-state index in [0.717, 1.165) is 18.0 Å². The first-order chi connectivity index (χ1) is 5.66. The highest BCUT2D eigenvalue weighted by molar-refractivity contribution is 4.92. The van der Waals surface area contributed by atoms with E-state index in [-0.39, 0.29) is 0 Å². The van der Waals surface area contributed by atoms with Gasteiger partial charge in [-0.25, -0.2) is 0 Å². The van der Waals surface area contributed by atoms with Crippen LogP contribution in [-0.4, -0.2) is 23.5 Å². The molecule has 0 aromatic carbocycles. The van der Waals surface area contributed by atoms with E-state index in [4.69, 9.17) is 0 Å². The molecule has 1 fully saturated rings. The molecule has 1 aliphatic rings. The Morgan fingerprint density at radius 1 is 1.33 bits per heavy atom. The molecule has 0 amide bonds. The molecule has 0 aromatic heterocycles. The highest BCUT2D eigenvalue weighted by Crippen LogP contribution is 2.35. The SMILES string of the molecule is CC.CCN(C(C)C)C1CC1C. The van der Waals surface area contributed by atoms with E-state index in [9.17, 15) is 0 Å². The lowest BCUT2D eigenvalue weighted by Crippen LogP contribution is -2.33. The summed E-state index contributed by atoms with van der Waals surface area (Å²) in [5.41, 5.74) is 0. The van der Waals surface area contributed by atoms with E-state index >= 15 is 0 Å². The van der Waals surface area contributed by atoms with Crippen molar-refractivity contribution in [1.29, 1.82) is 0 Å². The van der Waals surface area contributed by atoms with Gasteiger partial charge in [0.15, 0.2) is 0 Å². The molecular formula is C11H25N. The van der Waals surface area contributed by atoms with Gasteiger partial charge in [0.1, 0.15) is 0 Å². The van der Waals surface area contributed by atoms with Gasteiger partial charge in [-0.3, -0.25) is 4.90 Å². The molecule has 0 heterocycles. The Labute approximate surface area is 78.1 Å². The molecule has 2 atom stereocenters. The van der Waals surface area contributed by atoms with E-state index < -0.39 is 0 Å². The Kier molecular flexibility index (Phi) is 5.56. The van der Waals surface area contributed by atoms with E-state index in [1.807, 2.05) is 13.8 Å².